The van der Waals surface area contributed by atoms with Crippen molar-refractivity contribution in [2.45, 2.75) is 12.5 Å². The van der Waals surface area contributed by atoms with Crippen LogP contribution in [0.2, 0.25) is 0 Å². The highest BCUT2D eigenvalue weighted by Crippen LogP contribution is 2.20. The highest BCUT2D eigenvalue weighted by atomic mass is 19.2. The fourth-order valence-electron chi connectivity index (χ4n) is 2.05. The molecule has 8 heteroatoms. The third kappa shape index (κ3) is 3.45. The van der Waals surface area contributed by atoms with E-state index in [4.69, 9.17) is 5.11 Å². The van der Waals surface area contributed by atoms with Gasteiger partial charge in [-0.2, -0.15) is 0 Å². The highest BCUT2D eigenvalue weighted by Gasteiger charge is 2.24. The van der Waals surface area contributed by atoms with E-state index in [9.17, 15) is 22.8 Å². The van der Waals surface area contributed by atoms with Gasteiger partial charge in [0.15, 0.2) is 17.5 Å². The number of anilines is 1. The minimum Gasteiger partial charge on any atom is -0.396 e. The zero-order valence-electron chi connectivity index (χ0n) is 11.3. The first-order chi connectivity index (χ1) is 10.4. The van der Waals surface area contributed by atoms with E-state index in [0.29, 0.717) is 12.5 Å². The smallest absolute Gasteiger partial charge is 0.313 e. The molecule has 3 N–H and O–H groups in total. The molecule has 0 saturated heterocycles. The van der Waals surface area contributed by atoms with E-state index in [1.165, 1.54) is 0 Å². The topological polar surface area (TPSA) is 78.4 Å². The van der Waals surface area contributed by atoms with Gasteiger partial charge in [-0.1, -0.05) is 12.2 Å². The van der Waals surface area contributed by atoms with E-state index in [1.54, 1.807) is 12.2 Å². The van der Waals surface area contributed by atoms with Crippen molar-refractivity contribution in [1.29, 1.82) is 0 Å². The predicted octanol–water partition coefficient (Wildman–Crippen LogP) is 1.10. The van der Waals surface area contributed by atoms with Crippen LogP contribution >= 0.6 is 0 Å². The van der Waals surface area contributed by atoms with E-state index < -0.39 is 41.0 Å². The molecule has 0 radical (unpaired) electrons. The van der Waals surface area contributed by atoms with Gasteiger partial charge in [-0.25, -0.2) is 13.2 Å². The number of aliphatic hydroxyl groups is 1. The summed E-state index contributed by atoms with van der Waals surface area (Å²) < 4.78 is 39.2. The van der Waals surface area contributed by atoms with Crippen LogP contribution in [0.3, 0.4) is 0 Å². The molecule has 2 rings (SSSR count). The largest absolute Gasteiger partial charge is 0.396 e. The molecule has 118 valence electrons. The Morgan fingerprint density at radius 3 is 2.50 bits per heavy atom. The van der Waals surface area contributed by atoms with E-state index in [1.807, 2.05) is 5.32 Å². The van der Waals surface area contributed by atoms with Crippen LogP contribution in [0, 0.1) is 23.4 Å². The molecule has 1 aromatic carbocycles. The van der Waals surface area contributed by atoms with Crippen LogP contribution in [0.25, 0.3) is 0 Å². The molecule has 5 nitrogen and oxygen atoms in total. The molecule has 0 aromatic heterocycles. The van der Waals surface area contributed by atoms with Crippen LogP contribution in [-0.4, -0.2) is 29.6 Å². The van der Waals surface area contributed by atoms with Crippen molar-refractivity contribution in [3.05, 3.63) is 41.7 Å². The van der Waals surface area contributed by atoms with Crippen molar-refractivity contribution < 1.29 is 27.9 Å². The van der Waals surface area contributed by atoms with Gasteiger partial charge in [-0.3, -0.25) is 9.59 Å². The molecular formula is C14H13F3N2O3. The van der Waals surface area contributed by atoms with Gasteiger partial charge in [0, 0.05) is 18.6 Å². The number of benzene rings is 1. The number of hydrogen-bond acceptors (Lipinski definition) is 3. The zero-order chi connectivity index (χ0) is 16.3. The summed E-state index contributed by atoms with van der Waals surface area (Å²) in [4.78, 5) is 23.3. The molecule has 1 aromatic rings. The second-order valence-corrected chi connectivity index (χ2v) is 4.82. The summed E-state index contributed by atoms with van der Waals surface area (Å²) in [5, 5.41) is 13.2. The first kappa shape index (κ1) is 16.0. The van der Waals surface area contributed by atoms with Crippen LogP contribution in [-0.2, 0) is 9.59 Å². The molecule has 0 aliphatic heterocycles. The van der Waals surface area contributed by atoms with Crippen molar-refractivity contribution in [3.8, 4) is 0 Å². The Morgan fingerprint density at radius 2 is 1.86 bits per heavy atom. The molecule has 0 spiro atoms. The van der Waals surface area contributed by atoms with Gasteiger partial charge in [0.05, 0.1) is 5.69 Å². The molecular weight excluding hydrogens is 301 g/mol. The number of amides is 2. The first-order valence-electron chi connectivity index (χ1n) is 6.47. The summed E-state index contributed by atoms with van der Waals surface area (Å²) in [7, 11) is 0. The maximum Gasteiger partial charge on any atom is 0.313 e. The lowest BCUT2D eigenvalue weighted by Gasteiger charge is -2.13. The third-order valence-electron chi connectivity index (χ3n) is 3.21. The number of aliphatic hydroxyl groups excluding tert-OH is 1. The first-order valence-corrected chi connectivity index (χ1v) is 6.47. The Labute approximate surface area is 123 Å². The van der Waals surface area contributed by atoms with Crippen molar-refractivity contribution in [3.63, 3.8) is 0 Å². The van der Waals surface area contributed by atoms with Gasteiger partial charge in [0.1, 0.15) is 0 Å². The van der Waals surface area contributed by atoms with Crippen molar-refractivity contribution in [2.24, 2.45) is 5.92 Å². The lowest BCUT2D eigenvalue weighted by Crippen LogP contribution is -2.40. The number of carbonyl (C=O) groups is 2. The Kier molecular flexibility index (Phi) is 4.81. The number of hydrogen-bond donors (Lipinski definition) is 3. The summed E-state index contributed by atoms with van der Waals surface area (Å²) in [6, 6.07) is 1.03. The summed E-state index contributed by atoms with van der Waals surface area (Å²) in [6.07, 6.45) is 3.77. The average molecular weight is 314 g/mol. The van der Waals surface area contributed by atoms with Crippen molar-refractivity contribution >= 4 is 17.5 Å². The fourth-order valence-corrected chi connectivity index (χ4v) is 2.05. The summed E-state index contributed by atoms with van der Waals surface area (Å²) in [5.41, 5.74) is -0.630. The van der Waals surface area contributed by atoms with Gasteiger partial charge in [0.25, 0.3) is 0 Å². The normalized spacial score (nSPS) is 20.0. The second kappa shape index (κ2) is 6.61. The van der Waals surface area contributed by atoms with Crippen LogP contribution in [0.15, 0.2) is 24.3 Å². The van der Waals surface area contributed by atoms with E-state index >= 15 is 0 Å². The van der Waals surface area contributed by atoms with Gasteiger partial charge in [0.2, 0.25) is 0 Å². The van der Waals surface area contributed by atoms with Gasteiger partial charge in [-0.05, 0) is 18.6 Å². The molecule has 0 unspecified atom stereocenters. The minimum absolute atomic E-state index is 0.0743. The van der Waals surface area contributed by atoms with Crippen LogP contribution in [0.1, 0.15) is 6.42 Å². The molecule has 2 atom stereocenters. The van der Waals surface area contributed by atoms with Gasteiger partial charge >= 0.3 is 11.8 Å². The maximum absolute atomic E-state index is 13.4. The van der Waals surface area contributed by atoms with Crippen molar-refractivity contribution in [1.82, 2.24) is 5.32 Å². The Hall–Kier alpha value is -2.35. The standard InChI is InChI=1S/C14H13F3N2O3/c15-9-3-4-10(12(17)11(9)16)19-14(22)13(21)18-8-2-1-7(5-8)6-20/h1-4,7-8,20H,5-6H2,(H,18,21)(H,19,22)/t7-,8+/m0/s1. The maximum atomic E-state index is 13.4. The number of carbonyl (C=O) groups excluding carboxylic acids is 2. The zero-order valence-corrected chi connectivity index (χ0v) is 11.3. The molecule has 1 aliphatic rings. The fraction of sp³-hybridized carbons (Fsp3) is 0.286. The quantitative estimate of drug-likeness (QED) is 0.444. The highest BCUT2D eigenvalue weighted by molar-refractivity contribution is 6.39. The Morgan fingerprint density at radius 1 is 1.14 bits per heavy atom. The average Bonchev–Trinajstić information content (AvgIpc) is 2.95. The van der Waals surface area contributed by atoms with Gasteiger partial charge in [-0.15, -0.1) is 0 Å². The molecule has 2 amide bonds. The SMILES string of the molecule is O=C(Nc1ccc(F)c(F)c1F)C(=O)N[C@@H]1C=C[C@H](CO)C1. The predicted molar refractivity (Wildman–Crippen MR) is 71.2 cm³/mol. The van der Waals surface area contributed by atoms with Crippen LogP contribution in [0.4, 0.5) is 18.9 Å². The number of rotatable bonds is 3. The molecule has 0 bridgehead atoms. The second-order valence-electron chi connectivity index (χ2n) is 4.82. The summed E-state index contributed by atoms with van der Waals surface area (Å²) in [6.45, 7) is -0.0743. The third-order valence-corrected chi connectivity index (χ3v) is 3.21. The lowest BCUT2D eigenvalue weighted by atomic mass is 10.1. The summed E-state index contributed by atoms with van der Waals surface area (Å²) >= 11 is 0. The molecule has 22 heavy (non-hydrogen) atoms. The molecule has 0 fully saturated rings. The molecule has 0 heterocycles. The van der Waals surface area contributed by atoms with E-state index in [-0.39, 0.29) is 12.5 Å². The van der Waals surface area contributed by atoms with E-state index in [2.05, 4.69) is 5.32 Å². The molecule has 1 aliphatic carbocycles. The number of nitrogens with one attached hydrogen (secondary N) is 2. The minimum atomic E-state index is -1.73. The van der Waals surface area contributed by atoms with Gasteiger partial charge < -0.3 is 15.7 Å². The summed E-state index contributed by atoms with van der Waals surface area (Å²) in [5.74, 6) is -7.06. The van der Waals surface area contributed by atoms with Crippen molar-refractivity contribution in [2.75, 3.05) is 11.9 Å². The van der Waals surface area contributed by atoms with Crippen LogP contribution < -0.4 is 10.6 Å². The van der Waals surface area contributed by atoms with Crippen LogP contribution in [0.5, 0.6) is 0 Å². The Balaban J connectivity index is 1.96. The lowest BCUT2D eigenvalue weighted by molar-refractivity contribution is -0.136. The monoisotopic (exact) mass is 314 g/mol. The molecule has 0 saturated carbocycles. The van der Waals surface area contributed by atoms with E-state index in [0.717, 1.165) is 6.07 Å². The Bertz CT molecular complexity index is 634. The number of halogens is 3.